The molecule has 0 amide bonds. The first-order valence-electron chi connectivity index (χ1n) is 13.4. The van der Waals surface area contributed by atoms with Gasteiger partial charge in [-0.1, -0.05) is 59.0 Å². The highest BCUT2D eigenvalue weighted by Crippen LogP contribution is 2.68. The van der Waals surface area contributed by atoms with Gasteiger partial charge in [-0.25, -0.2) is 5.48 Å². The molecule has 0 aromatic rings. The van der Waals surface area contributed by atoms with Crippen molar-refractivity contribution >= 4 is 5.71 Å². The number of hydrogen-bond acceptors (Lipinski definition) is 4. The van der Waals surface area contributed by atoms with E-state index in [1.54, 1.807) is 0 Å². The number of oxime groups is 1. The van der Waals surface area contributed by atoms with Crippen LogP contribution in [0, 0.1) is 52.3 Å². The molecule has 0 bridgehead atoms. The maximum atomic E-state index is 9.95. The summed E-state index contributed by atoms with van der Waals surface area (Å²) in [5.41, 5.74) is 3.94. The second kappa shape index (κ2) is 8.97. The molecule has 4 fully saturated rings. The monoisotopic (exact) mass is 432 g/mol. The SMILES string of the molecule is CC(C)CCC[C@@H](C)[C@H]1CC[C@H]2[C@@H]3CC[C@H]4C[C@H](NO)C/C(=N\O)[C@]4(C)[C@H]3CC[C@]12C. The number of fused-ring (bicyclic) bond motifs is 5. The van der Waals surface area contributed by atoms with Crippen molar-refractivity contribution in [2.75, 3.05) is 0 Å². The van der Waals surface area contributed by atoms with Gasteiger partial charge in [0.2, 0.25) is 0 Å². The summed E-state index contributed by atoms with van der Waals surface area (Å²) in [6.07, 6.45) is 13.9. The first-order valence-corrected chi connectivity index (χ1v) is 13.4. The van der Waals surface area contributed by atoms with E-state index in [0.717, 1.165) is 41.7 Å². The van der Waals surface area contributed by atoms with Crippen molar-refractivity contribution in [1.29, 1.82) is 0 Å². The number of nitrogens with zero attached hydrogens (tertiary/aromatic N) is 1. The van der Waals surface area contributed by atoms with Gasteiger partial charge in [0.05, 0.1) is 5.71 Å². The Bertz CT molecular complexity index is 664. The van der Waals surface area contributed by atoms with Crippen LogP contribution >= 0.6 is 0 Å². The topological polar surface area (TPSA) is 64.8 Å². The highest BCUT2D eigenvalue weighted by Gasteiger charge is 2.62. The van der Waals surface area contributed by atoms with Gasteiger partial charge in [0.15, 0.2) is 0 Å². The Hall–Kier alpha value is -0.610. The fourth-order valence-corrected chi connectivity index (χ4v) is 9.39. The predicted molar refractivity (Wildman–Crippen MR) is 126 cm³/mol. The van der Waals surface area contributed by atoms with Crippen LogP contribution in [0.4, 0.5) is 0 Å². The zero-order valence-electron chi connectivity index (χ0n) is 20.7. The number of nitrogens with one attached hydrogen (secondary N) is 1. The molecule has 4 nitrogen and oxygen atoms in total. The van der Waals surface area contributed by atoms with Crippen molar-refractivity contribution < 1.29 is 10.4 Å². The van der Waals surface area contributed by atoms with Crippen LogP contribution in [-0.2, 0) is 0 Å². The molecule has 0 spiro atoms. The Kier molecular flexibility index (Phi) is 6.81. The molecular weight excluding hydrogens is 384 g/mol. The minimum atomic E-state index is 0.00726. The van der Waals surface area contributed by atoms with Crippen molar-refractivity contribution in [3.05, 3.63) is 0 Å². The Morgan fingerprint density at radius 2 is 1.81 bits per heavy atom. The number of hydrogen-bond donors (Lipinski definition) is 3. The average molecular weight is 433 g/mol. The molecule has 0 aromatic carbocycles. The molecule has 178 valence electrons. The van der Waals surface area contributed by atoms with Gasteiger partial charge in [-0.15, -0.1) is 0 Å². The highest BCUT2D eigenvalue weighted by molar-refractivity contribution is 5.91. The Morgan fingerprint density at radius 3 is 2.48 bits per heavy atom. The molecule has 4 saturated carbocycles. The highest BCUT2D eigenvalue weighted by atomic mass is 16.5. The molecular formula is C27H48N2O2. The molecule has 0 aliphatic heterocycles. The molecule has 4 rings (SSSR count). The predicted octanol–water partition coefficient (Wildman–Crippen LogP) is 6.90. The van der Waals surface area contributed by atoms with Gasteiger partial charge >= 0.3 is 0 Å². The second-order valence-electron chi connectivity index (χ2n) is 12.8. The van der Waals surface area contributed by atoms with Gasteiger partial charge in [0.25, 0.3) is 0 Å². The summed E-state index contributed by atoms with van der Waals surface area (Å²) in [4.78, 5) is 0. The number of hydroxylamine groups is 1. The van der Waals surface area contributed by atoms with Gasteiger partial charge < -0.3 is 10.4 Å². The summed E-state index contributed by atoms with van der Waals surface area (Å²) < 4.78 is 0. The largest absolute Gasteiger partial charge is 0.411 e. The summed E-state index contributed by atoms with van der Waals surface area (Å²) in [5, 5.41) is 23.4. The molecule has 0 saturated heterocycles. The van der Waals surface area contributed by atoms with Crippen LogP contribution in [0.2, 0.25) is 0 Å². The van der Waals surface area contributed by atoms with Crippen LogP contribution in [-0.4, -0.2) is 22.2 Å². The van der Waals surface area contributed by atoms with E-state index in [1.165, 1.54) is 57.8 Å². The van der Waals surface area contributed by atoms with Crippen molar-refractivity contribution in [2.24, 2.45) is 57.4 Å². The maximum Gasteiger partial charge on any atom is 0.0651 e. The summed E-state index contributed by atoms with van der Waals surface area (Å²) in [7, 11) is 0. The lowest BCUT2D eigenvalue weighted by atomic mass is 9.44. The van der Waals surface area contributed by atoms with E-state index < -0.39 is 0 Å². The third-order valence-electron chi connectivity index (χ3n) is 11.0. The third-order valence-corrected chi connectivity index (χ3v) is 11.0. The van der Waals surface area contributed by atoms with Crippen LogP contribution in [0.3, 0.4) is 0 Å². The molecule has 31 heavy (non-hydrogen) atoms. The van der Waals surface area contributed by atoms with E-state index in [0.29, 0.717) is 23.7 Å². The lowest BCUT2D eigenvalue weighted by molar-refractivity contribution is -0.0850. The summed E-state index contributed by atoms with van der Waals surface area (Å²) in [6, 6.07) is 0.0388. The van der Waals surface area contributed by atoms with Crippen molar-refractivity contribution in [3.8, 4) is 0 Å². The van der Waals surface area contributed by atoms with Crippen LogP contribution < -0.4 is 5.48 Å². The van der Waals surface area contributed by atoms with Gasteiger partial charge in [0, 0.05) is 17.9 Å². The third kappa shape index (κ3) is 3.88. The Balaban J connectivity index is 1.52. The quantitative estimate of drug-likeness (QED) is 0.316. The minimum Gasteiger partial charge on any atom is -0.411 e. The molecule has 0 aromatic heterocycles. The molecule has 4 aliphatic rings. The smallest absolute Gasteiger partial charge is 0.0651 e. The minimum absolute atomic E-state index is 0.00726. The first-order chi connectivity index (χ1) is 14.8. The normalized spacial score (nSPS) is 47.1. The van der Waals surface area contributed by atoms with E-state index >= 15 is 0 Å². The van der Waals surface area contributed by atoms with Crippen LogP contribution in [0.1, 0.15) is 105 Å². The van der Waals surface area contributed by atoms with Crippen molar-refractivity contribution in [3.63, 3.8) is 0 Å². The van der Waals surface area contributed by atoms with Gasteiger partial charge in [-0.05, 0) is 91.8 Å². The molecule has 0 heterocycles. The van der Waals surface area contributed by atoms with Gasteiger partial charge in [-0.3, -0.25) is 0 Å². The van der Waals surface area contributed by atoms with E-state index in [1.807, 2.05) is 0 Å². The van der Waals surface area contributed by atoms with E-state index in [-0.39, 0.29) is 11.5 Å². The summed E-state index contributed by atoms with van der Waals surface area (Å²) >= 11 is 0. The van der Waals surface area contributed by atoms with Crippen molar-refractivity contribution in [1.82, 2.24) is 5.48 Å². The second-order valence-corrected chi connectivity index (χ2v) is 12.8. The lowest BCUT2D eigenvalue weighted by Gasteiger charge is -2.61. The average Bonchev–Trinajstić information content (AvgIpc) is 3.09. The molecule has 0 unspecified atom stereocenters. The zero-order valence-corrected chi connectivity index (χ0v) is 20.7. The molecule has 3 N–H and O–H groups in total. The lowest BCUT2D eigenvalue weighted by Crippen LogP contribution is -2.59. The zero-order chi connectivity index (χ0) is 22.4. The van der Waals surface area contributed by atoms with Crippen LogP contribution in [0.15, 0.2) is 5.16 Å². The summed E-state index contributed by atoms with van der Waals surface area (Å²) in [5.74, 6) is 5.34. The first kappa shape index (κ1) is 23.5. The number of rotatable bonds is 6. The molecule has 4 aliphatic carbocycles. The Morgan fingerprint density at radius 1 is 1.03 bits per heavy atom. The van der Waals surface area contributed by atoms with Gasteiger partial charge in [0.1, 0.15) is 0 Å². The maximum absolute atomic E-state index is 9.95. The summed E-state index contributed by atoms with van der Waals surface area (Å²) in [6.45, 7) is 12.3. The standard InChI is InChI=1S/C27H48N2O2/c1-17(2)7-6-8-18(3)22-11-12-23-21-10-9-19-15-20(28-30)16-25(29-31)27(19,5)24(21)13-14-26(22,23)4/h17-24,28,30-31H,6-16H2,1-5H3/b29-25+/t18-,19+,20+,21+,22-,23+,24+,26-,27+/m1/s1. The fraction of sp³-hybridized carbons (Fsp3) is 0.963. The van der Waals surface area contributed by atoms with Crippen LogP contribution in [0.5, 0.6) is 0 Å². The fourth-order valence-electron chi connectivity index (χ4n) is 9.39. The molecule has 4 heteroatoms. The van der Waals surface area contributed by atoms with E-state index in [9.17, 15) is 10.4 Å². The Labute approximate surface area is 190 Å². The van der Waals surface area contributed by atoms with Crippen molar-refractivity contribution in [2.45, 2.75) is 111 Å². The molecule has 0 radical (unpaired) electrons. The van der Waals surface area contributed by atoms with Crippen LogP contribution in [0.25, 0.3) is 0 Å². The molecule has 9 atom stereocenters. The van der Waals surface area contributed by atoms with Gasteiger partial charge in [-0.2, -0.15) is 0 Å². The van der Waals surface area contributed by atoms with E-state index in [2.05, 4.69) is 45.3 Å². The van der Waals surface area contributed by atoms with E-state index in [4.69, 9.17) is 0 Å².